The van der Waals surface area contributed by atoms with Gasteiger partial charge in [0, 0.05) is 47.8 Å². The van der Waals surface area contributed by atoms with Crippen molar-refractivity contribution in [1.29, 1.82) is 0 Å². The Hall–Kier alpha value is -3.29. The minimum atomic E-state index is -1.54. The van der Waals surface area contributed by atoms with Crippen molar-refractivity contribution in [2.24, 2.45) is 23.2 Å². The van der Waals surface area contributed by atoms with Crippen LogP contribution in [-0.2, 0) is 20.8 Å². The van der Waals surface area contributed by atoms with Crippen molar-refractivity contribution in [3.05, 3.63) is 71.0 Å². The van der Waals surface area contributed by atoms with Crippen LogP contribution in [0.5, 0.6) is 0 Å². The third-order valence-corrected chi connectivity index (χ3v) is 9.29. The lowest BCUT2D eigenvalue weighted by atomic mass is 9.54. The second-order valence-electron chi connectivity index (χ2n) is 11.7. The summed E-state index contributed by atoms with van der Waals surface area (Å²) in [4.78, 5) is 44.5. The van der Waals surface area contributed by atoms with Crippen LogP contribution in [0.4, 0.5) is 0 Å². The first-order valence-electron chi connectivity index (χ1n) is 13.9. The molecule has 0 bridgehead atoms. The molecule has 2 heterocycles. The number of nitrogens with one attached hydrogen (secondary N) is 2. The lowest BCUT2D eigenvalue weighted by molar-refractivity contribution is -0.148. The first-order chi connectivity index (χ1) is 18.6. The number of para-hydroxylation sites is 1. The molecule has 206 valence electrons. The number of benzene rings is 1. The first kappa shape index (κ1) is 27.3. The Morgan fingerprint density at radius 2 is 1.77 bits per heavy atom. The molecular weight excluding hydrogens is 492 g/mol. The van der Waals surface area contributed by atoms with E-state index in [1.807, 2.05) is 69.5 Å². The lowest BCUT2D eigenvalue weighted by Gasteiger charge is -2.46. The molecule has 7 atom stereocenters. The number of rotatable bonds is 2. The second-order valence-corrected chi connectivity index (χ2v) is 11.7. The van der Waals surface area contributed by atoms with Crippen molar-refractivity contribution in [1.82, 2.24) is 10.3 Å². The van der Waals surface area contributed by atoms with E-state index in [2.05, 4.69) is 10.3 Å². The highest BCUT2D eigenvalue weighted by Crippen LogP contribution is 2.55. The van der Waals surface area contributed by atoms with Gasteiger partial charge in [-0.25, -0.2) is 0 Å². The van der Waals surface area contributed by atoms with Gasteiger partial charge in [0.25, 0.3) is 0 Å². The van der Waals surface area contributed by atoms with Gasteiger partial charge in [0.05, 0.1) is 6.10 Å². The molecule has 1 fully saturated rings. The molecule has 0 saturated carbocycles. The highest BCUT2D eigenvalue weighted by atomic mass is 16.3. The molecule has 0 unspecified atom stereocenters. The van der Waals surface area contributed by atoms with E-state index in [-0.39, 0.29) is 30.6 Å². The Kier molecular flexibility index (Phi) is 7.25. The quantitative estimate of drug-likeness (QED) is 0.346. The third kappa shape index (κ3) is 4.42. The number of H-pyrrole nitrogens is 1. The predicted molar refractivity (Wildman–Crippen MR) is 150 cm³/mol. The number of Topliss-reactive ketones (excluding diaryl/α,β-unsaturated/α-hetero) is 2. The summed E-state index contributed by atoms with van der Waals surface area (Å²) in [6.07, 6.45) is 6.07. The van der Waals surface area contributed by atoms with Crippen molar-refractivity contribution in [2.45, 2.75) is 71.6 Å². The number of aromatic amines is 1. The molecule has 1 aromatic heterocycles. The number of allylic oxidation sites excluding steroid dienone is 2. The summed E-state index contributed by atoms with van der Waals surface area (Å²) in [6.45, 7) is 7.50. The van der Waals surface area contributed by atoms with E-state index < -0.39 is 41.1 Å². The van der Waals surface area contributed by atoms with Gasteiger partial charge in [-0.1, -0.05) is 48.9 Å². The van der Waals surface area contributed by atoms with Crippen LogP contribution in [0.1, 0.15) is 52.5 Å². The number of ketones is 2. The summed E-state index contributed by atoms with van der Waals surface area (Å²) in [5.74, 6) is -2.40. The molecule has 1 saturated heterocycles. The van der Waals surface area contributed by atoms with Crippen LogP contribution in [0, 0.1) is 23.2 Å². The summed E-state index contributed by atoms with van der Waals surface area (Å²) < 4.78 is 0. The fourth-order valence-electron chi connectivity index (χ4n) is 7.16. The Morgan fingerprint density at radius 1 is 1.03 bits per heavy atom. The molecule has 1 amide bonds. The molecule has 5 rings (SSSR count). The van der Waals surface area contributed by atoms with Crippen molar-refractivity contribution < 1.29 is 24.6 Å². The fourth-order valence-corrected chi connectivity index (χ4v) is 7.16. The number of amides is 1. The average Bonchev–Trinajstić information content (AvgIpc) is 3.45. The van der Waals surface area contributed by atoms with Crippen molar-refractivity contribution in [3.63, 3.8) is 0 Å². The van der Waals surface area contributed by atoms with Gasteiger partial charge in [-0.15, -0.1) is 0 Å². The van der Waals surface area contributed by atoms with Gasteiger partial charge in [-0.05, 0) is 62.3 Å². The number of hydrogen-bond acceptors (Lipinski definition) is 5. The molecule has 7 heteroatoms. The smallest absolute Gasteiger partial charge is 0.235 e. The molecule has 1 aromatic carbocycles. The van der Waals surface area contributed by atoms with Crippen LogP contribution < -0.4 is 5.32 Å². The number of carbonyl (C=O) groups excluding carboxylic acids is 3. The van der Waals surface area contributed by atoms with E-state index in [1.165, 1.54) is 0 Å². The Balaban J connectivity index is 1.61. The first-order valence-corrected chi connectivity index (χ1v) is 13.9. The summed E-state index contributed by atoms with van der Waals surface area (Å²) in [6, 6.07) is 7.62. The highest BCUT2D eigenvalue weighted by molar-refractivity contribution is 6.10. The Bertz CT molecular complexity index is 1410. The molecule has 1 aliphatic heterocycles. The zero-order valence-corrected chi connectivity index (χ0v) is 23.0. The van der Waals surface area contributed by atoms with E-state index in [0.29, 0.717) is 18.4 Å². The minimum absolute atomic E-state index is 0.0260. The van der Waals surface area contributed by atoms with Gasteiger partial charge >= 0.3 is 0 Å². The SMILES string of the molecule is CC1=C(C)[C@H]2[C@H](Cc3c[nH]c4ccccc34)NC(=O)[C@]23C(=O)CCC(=O)[C@@H](O)/C(C)=C/[C@@H](C)C/C=C/[C@H]3[C@@H]1O. The van der Waals surface area contributed by atoms with E-state index in [0.717, 1.165) is 27.6 Å². The maximum absolute atomic E-state index is 14.2. The van der Waals surface area contributed by atoms with Crippen LogP contribution in [0.25, 0.3) is 10.9 Å². The van der Waals surface area contributed by atoms with Crippen molar-refractivity contribution in [3.8, 4) is 0 Å². The van der Waals surface area contributed by atoms with E-state index in [9.17, 15) is 24.6 Å². The topological polar surface area (TPSA) is 119 Å². The Labute approximate surface area is 229 Å². The number of aliphatic hydroxyl groups is 2. The summed E-state index contributed by atoms with van der Waals surface area (Å²) in [7, 11) is 0. The standard InChI is InChI=1S/C32H38N2O5/c1-17-8-7-10-23-30(38)20(4)19(3)28-25(15-21-16-33-24-11-6-5-9-22(21)24)34-31(39)32(23,28)27(36)13-12-26(35)29(37)18(2)14-17/h5-7,9-11,14,16-17,23,25,28-30,33,37-38H,8,12-13,15H2,1-4H3,(H,34,39)/b10-7+,18-14+/t17-,23-,25-,28-,29-,30+,32+/m0/s1. The normalized spacial score (nSPS) is 36.3. The lowest BCUT2D eigenvalue weighted by Crippen LogP contribution is -2.55. The summed E-state index contributed by atoms with van der Waals surface area (Å²) in [5.41, 5.74) is 2.68. The van der Waals surface area contributed by atoms with E-state index in [1.54, 1.807) is 6.92 Å². The Morgan fingerprint density at radius 3 is 2.54 bits per heavy atom. The molecule has 2 aromatic rings. The molecular formula is C32H38N2O5. The van der Waals surface area contributed by atoms with Crippen molar-refractivity contribution in [2.75, 3.05) is 0 Å². The summed E-state index contributed by atoms with van der Waals surface area (Å²) in [5, 5.41) is 26.3. The summed E-state index contributed by atoms with van der Waals surface area (Å²) >= 11 is 0. The van der Waals surface area contributed by atoms with Crippen LogP contribution >= 0.6 is 0 Å². The van der Waals surface area contributed by atoms with Gasteiger partial charge in [0.2, 0.25) is 5.91 Å². The maximum Gasteiger partial charge on any atom is 0.235 e. The van der Waals surface area contributed by atoms with Gasteiger partial charge in [0.1, 0.15) is 17.3 Å². The van der Waals surface area contributed by atoms with Crippen LogP contribution in [0.15, 0.2) is 65.4 Å². The average molecular weight is 531 g/mol. The van der Waals surface area contributed by atoms with E-state index in [4.69, 9.17) is 0 Å². The van der Waals surface area contributed by atoms with Gasteiger partial charge in [0.15, 0.2) is 5.78 Å². The maximum atomic E-state index is 14.2. The predicted octanol–water partition coefficient (Wildman–Crippen LogP) is 3.96. The third-order valence-electron chi connectivity index (χ3n) is 9.29. The van der Waals surface area contributed by atoms with Crippen molar-refractivity contribution >= 4 is 28.4 Å². The highest BCUT2D eigenvalue weighted by Gasteiger charge is 2.66. The molecule has 4 N–H and O–H groups in total. The van der Waals surface area contributed by atoms with Gasteiger partial charge in [-0.2, -0.15) is 0 Å². The molecule has 0 radical (unpaired) electrons. The van der Waals surface area contributed by atoms with E-state index >= 15 is 0 Å². The van der Waals surface area contributed by atoms with Crippen LogP contribution in [0.2, 0.25) is 0 Å². The minimum Gasteiger partial charge on any atom is -0.388 e. The fraction of sp³-hybridized carbons (Fsp3) is 0.469. The molecule has 7 nitrogen and oxygen atoms in total. The number of aromatic nitrogens is 1. The monoisotopic (exact) mass is 530 g/mol. The van der Waals surface area contributed by atoms with Crippen LogP contribution in [-0.4, -0.2) is 50.9 Å². The molecule has 39 heavy (non-hydrogen) atoms. The second kappa shape index (κ2) is 10.4. The number of carbonyl (C=O) groups is 3. The zero-order chi connectivity index (χ0) is 28.1. The van der Waals surface area contributed by atoms with Gasteiger partial charge < -0.3 is 20.5 Å². The molecule has 2 aliphatic carbocycles. The van der Waals surface area contributed by atoms with Gasteiger partial charge in [-0.3, -0.25) is 14.4 Å². The number of aliphatic hydroxyl groups excluding tert-OH is 2. The zero-order valence-electron chi connectivity index (χ0n) is 23.0. The number of hydrogen-bond donors (Lipinski definition) is 4. The number of fused-ring (bicyclic) bond motifs is 1. The largest absolute Gasteiger partial charge is 0.388 e. The van der Waals surface area contributed by atoms with Crippen LogP contribution in [0.3, 0.4) is 0 Å². The molecule has 1 spiro atoms. The molecule has 3 aliphatic rings.